The lowest BCUT2D eigenvalue weighted by Gasteiger charge is -2.35. The van der Waals surface area contributed by atoms with Crippen LogP contribution in [0.15, 0.2) is 48.3 Å². The van der Waals surface area contributed by atoms with Crippen LogP contribution in [0.3, 0.4) is 0 Å². The van der Waals surface area contributed by atoms with Crippen molar-refractivity contribution in [1.29, 1.82) is 0 Å². The largest absolute Gasteiger partial charge is 0.497 e. The molecule has 1 aromatic carbocycles. The summed E-state index contributed by atoms with van der Waals surface area (Å²) < 4.78 is 5.65. The van der Waals surface area contributed by atoms with Crippen molar-refractivity contribution >= 4 is 11.6 Å². The van der Waals surface area contributed by atoms with Gasteiger partial charge in [0.05, 0.1) is 12.3 Å². The highest BCUT2D eigenvalue weighted by atomic mass is 35.5. The van der Waals surface area contributed by atoms with Gasteiger partial charge in [0.25, 0.3) is 0 Å². The standard InChI is InChI=1S/C19H26ClNO/c1-6-11-22-13-15-12-17(19(2,3)4)21(5)18(15)14-7-9-16(20)10-8-14/h6-12,17-18H,13H2,1-5H3/b11-6+. The van der Waals surface area contributed by atoms with Gasteiger partial charge in [-0.25, -0.2) is 0 Å². The van der Waals surface area contributed by atoms with E-state index in [0.717, 1.165) is 5.02 Å². The van der Waals surface area contributed by atoms with Gasteiger partial charge < -0.3 is 4.74 Å². The van der Waals surface area contributed by atoms with Crippen molar-refractivity contribution in [2.45, 2.75) is 39.8 Å². The quantitative estimate of drug-likeness (QED) is 0.557. The first kappa shape index (κ1) is 17.1. The van der Waals surface area contributed by atoms with E-state index in [9.17, 15) is 0 Å². The summed E-state index contributed by atoms with van der Waals surface area (Å²) in [5, 5.41) is 0.771. The van der Waals surface area contributed by atoms with Gasteiger partial charge in [-0.15, -0.1) is 0 Å². The molecule has 0 amide bonds. The molecule has 0 radical (unpaired) electrons. The third kappa shape index (κ3) is 3.74. The molecule has 2 rings (SSSR count). The summed E-state index contributed by atoms with van der Waals surface area (Å²) in [4.78, 5) is 2.43. The van der Waals surface area contributed by atoms with Crippen molar-refractivity contribution in [3.8, 4) is 0 Å². The molecule has 0 aromatic heterocycles. The number of hydrogen-bond donors (Lipinski definition) is 0. The van der Waals surface area contributed by atoms with Gasteiger partial charge in [0, 0.05) is 11.1 Å². The number of rotatable bonds is 4. The molecule has 2 nitrogen and oxygen atoms in total. The number of benzene rings is 1. The lowest BCUT2D eigenvalue weighted by molar-refractivity contribution is 0.149. The highest BCUT2D eigenvalue weighted by Crippen LogP contribution is 2.41. The van der Waals surface area contributed by atoms with Crippen LogP contribution in [0.25, 0.3) is 0 Å². The Bertz CT molecular complexity index is 554. The second kappa shape index (κ2) is 6.89. The molecular formula is C19H26ClNO. The molecule has 0 N–H and O–H groups in total. The van der Waals surface area contributed by atoms with E-state index in [4.69, 9.17) is 16.3 Å². The second-order valence-corrected chi connectivity index (χ2v) is 7.39. The SMILES string of the molecule is C/C=C/OCC1=CC(C(C)(C)C)N(C)C1c1ccc(Cl)cc1. The van der Waals surface area contributed by atoms with Crippen LogP contribution in [0, 0.1) is 5.41 Å². The molecule has 0 fully saturated rings. The molecule has 0 saturated heterocycles. The molecule has 120 valence electrons. The smallest absolute Gasteiger partial charge is 0.110 e. The molecular weight excluding hydrogens is 294 g/mol. The van der Waals surface area contributed by atoms with Gasteiger partial charge in [-0.2, -0.15) is 0 Å². The van der Waals surface area contributed by atoms with E-state index in [-0.39, 0.29) is 11.5 Å². The van der Waals surface area contributed by atoms with Gasteiger partial charge in [-0.1, -0.05) is 56.7 Å². The average molecular weight is 320 g/mol. The molecule has 22 heavy (non-hydrogen) atoms. The van der Waals surface area contributed by atoms with E-state index < -0.39 is 0 Å². The van der Waals surface area contributed by atoms with Gasteiger partial charge in [0.15, 0.2) is 0 Å². The van der Waals surface area contributed by atoms with Crippen LogP contribution in [0.4, 0.5) is 0 Å². The van der Waals surface area contributed by atoms with E-state index in [0.29, 0.717) is 12.6 Å². The minimum absolute atomic E-state index is 0.182. The number of halogens is 1. The lowest BCUT2D eigenvalue weighted by Crippen LogP contribution is -2.38. The monoisotopic (exact) mass is 319 g/mol. The number of hydrogen-bond acceptors (Lipinski definition) is 2. The summed E-state index contributed by atoms with van der Waals surface area (Å²) in [6.45, 7) is 9.41. The van der Waals surface area contributed by atoms with E-state index in [2.05, 4.69) is 50.9 Å². The number of ether oxygens (including phenoxy) is 1. The fourth-order valence-electron chi connectivity index (χ4n) is 3.16. The van der Waals surface area contributed by atoms with Crippen LogP contribution in [0.1, 0.15) is 39.3 Å². The predicted molar refractivity (Wildman–Crippen MR) is 94.0 cm³/mol. The fraction of sp³-hybridized carbons (Fsp3) is 0.474. The van der Waals surface area contributed by atoms with Crippen LogP contribution in [0.5, 0.6) is 0 Å². The van der Waals surface area contributed by atoms with Crippen molar-refractivity contribution in [1.82, 2.24) is 4.90 Å². The molecule has 0 saturated carbocycles. The average Bonchev–Trinajstić information content (AvgIpc) is 2.77. The maximum absolute atomic E-state index is 6.03. The van der Waals surface area contributed by atoms with Gasteiger partial charge in [0.1, 0.15) is 6.61 Å². The van der Waals surface area contributed by atoms with Gasteiger partial charge in [0.2, 0.25) is 0 Å². The summed E-state index contributed by atoms with van der Waals surface area (Å²) in [5.41, 5.74) is 2.75. The van der Waals surface area contributed by atoms with Gasteiger partial charge in [-0.05, 0) is 42.7 Å². The van der Waals surface area contributed by atoms with E-state index in [1.54, 1.807) is 6.26 Å². The van der Waals surface area contributed by atoms with Crippen LogP contribution in [0.2, 0.25) is 5.02 Å². The lowest BCUT2D eigenvalue weighted by atomic mass is 9.86. The van der Waals surface area contributed by atoms with Crippen molar-refractivity contribution in [2.75, 3.05) is 13.7 Å². The summed E-state index contributed by atoms with van der Waals surface area (Å²) in [6.07, 6.45) is 6.03. The summed E-state index contributed by atoms with van der Waals surface area (Å²) in [7, 11) is 2.19. The summed E-state index contributed by atoms with van der Waals surface area (Å²) in [6, 6.07) is 8.76. The molecule has 1 aliphatic rings. The Kier molecular flexibility index (Phi) is 5.36. The Labute approximate surface area is 139 Å². The van der Waals surface area contributed by atoms with Crippen molar-refractivity contribution in [3.63, 3.8) is 0 Å². The van der Waals surface area contributed by atoms with Gasteiger partial charge >= 0.3 is 0 Å². The van der Waals surface area contributed by atoms with Crippen molar-refractivity contribution in [3.05, 3.63) is 58.8 Å². The third-order valence-electron chi connectivity index (χ3n) is 4.12. The first-order valence-electron chi connectivity index (χ1n) is 7.75. The Hall–Kier alpha value is -1.25. The van der Waals surface area contributed by atoms with Crippen molar-refractivity contribution in [2.24, 2.45) is 5.41 Å². The van der Waals surface area contributed by atoms with Crippen LogP contribution in [-0.4, -0.2) is 24.6 Å². The normalized spacial score (nSPS) is 23.1. The molecule has 1 aliphatic heterocycles. The van der Waals surface area contributed by atoms with Crippen molar-refractivity contribution < 1.29 is 4.74 Å². The minimum atomic E-state index is 0.182. The maximum atomic E-state index is 6.03. The molecule has 2 atom stereocenters. The maximum Gasteiger partial charge on any atom is 0.110 e. The Morgan fingerprint density at radius 2 is 1.86 bits per heavy atom. The topological polar surface area (TPSA) is 12.5 Å². The van der Waals surface area contributed by atoms with Crippen LogP contribution >= 0.6 is 11.6 Å². The molecule has 1 heterocycles. The zero-order chi connectivity index (χ0) is 16.3. The number of likely N-dealkylation sites (N-methyl/N-ethyl adjacent to an activating group) is 1. The third-order valence-corrected chi connectivity index (χ3v) is 4.38. The first-order chi connectivity index (χ1) is 10.3. The van der Waals surface area contributed by atoms with E-state index in [1.807, 2.05) is 25.1 Å². The molecule has 3 heteroatoms. The summed E-state index contributed by atoms with van der Waals surface area (Å²) in [5.74, 6) is 0. The molecule has 0 bridgehead atoms. The molecule has 2 unspecified atom stereocenters. The molecule has 0 aliphatic carbocycles. The first-order valence-corrected chi connectivity index (χ1v) is 8.13. The highest BCUT2D eigenvalue weighted by molar-refractivity contribution is 6.30. The zero-order valence-corrected chi connectivity index (χ0v) is 14.9. The predicted octanol–water partition coefficient (Wildman–Crippen LogP) is 5.22. The minimum Gasteiger partial charge on any atom is -0.497 e. The van der Waals surface area contributed by atoms with Crippen LogP contribution in [-0.2, 0) is 4.74 Å². The van der Waals surface area contributed by atoms with Crippen LogP contribution < -0.4 is 0 Å². The Morgan fingerprint density at radius 1 is 1.23 bits per heavy atom. The highest BCUT2D eigenvalue weighted by Gasteiger charge is 2.38. The Balaban J connectivity index is 2.32. The summed E-state index contributed by atoms with van der Waals surface area (Å²) >= 11 is 6.03. The zero-order valence-electron chi connectivity index (χ0n) is 14.1. The van der Waals surface area contributed by atoms with Gasteiger partial charge in [-0.3, -0.25) is 4.90 Å². The number of nitrogens with zero attached hydrogens (tertiary/aromatic N) is 1. The van der Waals surface area contributed by atoms with E-state index >= 15 is 0 Å². The molecule has 0 spiro atoms. The molecule has 1 aromatic rings. The second-order valence-electron chi connectivity index (χ2n) is 6.95. The fourth-order valence-corrected chi connectivity index (χ4v) is 3.28. The van der Waals surface area contributed by atoms with E-state index in [1.165, 1.54) is 11.1 Å². The Morgan fingerprint density at radius 3 is 2.41 bits per heavy atom. The number of allylic oxidation sites excluding steroid dienone is 1.